The number of nitrogens with one attached hydrogen (secondary N) is 1. The molecular formula is C16H24N2O. The monoisotopic (exact) mass is 260 g/mol. The quantitative estimate of drug-likeness (QED) is 0.903. The van der Waals surface area contributed by atoms with Crippen LogP contribution in [-0.4, -0.2) is 29.9 Å². The minimum absolute atomic E-state index is 0.0776. The largest absolute Gasteiger partial charge is 0.348 e. The molecular weight excluding hydrogens is 236 g/mol. The van der Waals surface area contributed by atoms with Gasteiger partial charge in [0.2, 0.25) is 5.91 Å². The van der Waals surface area contributed by atoms with Crippen LogP contribution in [0.25, 0.3) is 0 Å². The Morgan fingerprint density at radius 1 is 1.37 bits per heavy atom. The zero-order valence-electron chi connectivity index (χ0n) is 11.9. The third-order valence-electron chi connectivity index (χ3n) is 3.96. The Morgan fingerprint density at radius 2 is 2.11 bits per heavy atom. The molecule has 2 atom stereocenters. The van der Waals surface area contributed by atoms with E-state index in [-0.39, 0.29) is 11.9 Å². The van der Waals surface area contributed by atoms with E-state index in [0.29, 0.717) is 12.6 Å². The molecule has 2 rings (SSSR count). The Balaban J connectivity index is 1.84. The van der Waals surface area contributed by atoms with Gasteiger partial charge in [-0.05, 0) is 38.8 Å². The first-order chi connectivity index (χ1) is 9.16. The van der Waals surface area contributed by atoms with Crippen LogP contribution in [0.2, 0.25) is 0 Å². The molecule has 1 heterocycles. The second-order valence-electron chi connectivity index (χ2n) is 5.52. The summed E-state index contributed by atoms with van der Waals surface area (Å²) >= 11 is 0. The van der Waals surface area contributed by atoms with Crippen molar-refractivity contribution in [3.05, 3.63) is 35.9 Å². The van der Waals surface area contributed by atoms with Crippen molar-refractivity contribution in [2.45, 2.75) is 45.2 Å². The lowest BCUT2D eigenvalue weighted by atomic mass is 10.0. The molecule has 104 valence electrons. The van der Waals surface area contributed by atoms with Crippen molar-refractivity contribution in [3.8, 4) is 0 Å². The van der Waals surface area contributed by atoms with Gasteiger partial charge in [-0.1, -0.05) is 36.8 Å². The van der Waals surface area contributed by atoms with E-state index in [2.05, 4.69) is 29.3 Å². The molecule has 3 heteroatoms. The third kappa shape index (κ3) is 4.06. The highest BCUT2D eigenvalue weighted by atomic mass is 16.2. The maximum absolute atomic E-state index is 12.1. The van der Waals surface area contributed by atoms with Crippen LogP contribution in [0.3, 0.4) is 0 Å². The number of hydrogen-bond acceptors (Lipinski definition) is 2. The van der Waals surface area contributed by atoms with Gasteiger partial charge in [-0.25, -0.2) is 0 Å². The van der Waals surface area contributed by atoms with E-state index < -0.39 is 0 Å². The summed E-state index contributed by atoms with van der Waals surface area (Å²) in [7, 11) is 0. The molecule has 0 aliphatic carbocycles. The van der Waals surface area contributed by atoms with Crippen molar-refractivity contribution >= 4 is 5.91 Å². The van der Waals surface area contributed by atoms with Gasteiger partial charge in [-0.2, -0.15) is 0 Å². The van der Waals surface area contributed by atoms with Crippen molar-refractivity contribution < 1.29 is 4.79 Å². The lowest BCUT2D eigenvalue weighted by Gasteiger charge is -2.32. The Hall–Kier alpha value is -1.35. The lowest BCUT2D eigenvalue weighted by molar-refractivity contribution is -0.123. The molecule has 1 aromatic carbocycles. The number of benzene rings is 1. The zero-order chi connectivity index (χ0) is 13.7. The maximum Gasteiger partial charge on any atom is 0.234 e. The summed E-state index contributed by atoms with van der Waals surface area (Å²) in [4.78, 5) is 14.4. The minimum atomic E-state index is 0.0776. The van der Waals surface area contributed by atoms with Gasteiger partial charge < -0.3 is 5.32 Å². The van der Waals surface area contributed by atoms with E-state index in [4.69, 9.17) is 0 Å². The molecule has 0 spiro atoms. The molecule has 2 unspecified atom stereocenters. The summed E-state index contributed by atoms with van der Waals surface area (Å²) in [5, 5.41) is 3.08. The fourth-order valence-electron chi connectivity index (χ4n) is 2.69. The first kappa shape index (κ1) is 14.1. The summed E-state index contributed by atoms with van der Waals surface area (Å²) < 4.78 is 0. The fourth-order valence-corrected chi connectivity index (χ4v) is 2.69. The van der Waals surface area contributed by atoms with Crippen LogP contribution in [0.5, 0.6) is 0 Å². The number of rotatable bonds is 4. The zero-order valence-corrected chi connectivity index (χ0v) is 11.9. The van der Waals surface area contributed by atoms with Crippen LogP contribution >= 0.6 is 0 Å². The topological polar surface area (TPSA) is 32.3 Å². The van der Waals surface area contributed by atoms with Crippen LogP contribution in [0.1, 0.15) is 44.7 Å². The van der Waals surface area contributed by atoms with Gasteiger partial charge in [0.1, 0.15) is 0 Å². The first-order valence-electron chi connectivity index (χ1n) is 7.25. The number of hydrogen-bond donors (Lipinski definition) is 1. The van der Waals surface area contributed by atoms with Crippen LogP contribution in [0, 0.1) is 0 Å². The van der Waals surface area contributed by atoms with Gasteiger partial charge in [0.15, 0.2) is 0 Å². The number of nitrogens with zero attached hydrogens (tertiary/aromatic N) is 1. The van der Waals surface area contributed by atoms with Crippen molar-refractivity contribution in [2.24, 2.45) is 0 Å². The lowest BCUT2D eigenvalue weighted by Crippen LogP contribution is -2.44. The second kappa shape index (κ2) is 6.71. The summed E-state index contributed by atoms with van der Waals surface area (Å²) in [6, 6.07) is 10.7. The molecule has 19 heavy (non-hydrogen) atoms. The molecule has 0 radical (unpaired) electrons. The molecule has 1 saturated heterocycles. The molecule has 0 saturated carbocycles. The maximum atomic E-state index is 12.1. The second-order valence-corrected chi connectivity index (χ2v) is 5.52. The predicted molar refractivity (Wildman–Crippen MR) is 77.9 cm³/mol. The van der Waals surface area contributed by atoms with E-state index in [9.17, 15) is 4.79 Å². The standard InChI is InChI=1S/C16H24N2O/c1-13-8-6-7-11-18(13)12-16(19)17-14(2)15-9-4-3-5-10-15/h3-5,9-10,13-14H,6-8,11-12H2,1-2H3,(H,17,19). The Morgan fingerprint density at radius 3 is 2.79 bits per heavy atom. The van der Waals surface area contributed by atoms with Gasteiger partial charge in [-0.15, -0.1) is 0 Å². The van der Waals surface area contributed by atoms with Gasteiger partial charge in [0.05, 0.1) is 12.6 Å². The summed E-state index contributed by atoms with van der Waals surface area (Å²) in [6.07, 6.45) is 3.72. The van der Waals surface area contributed by atoms with Crippen molar-refractivity contribution in [1.29, 1.82) is 0 Å². The van der Waals surface area contributed by atoms with Crippen molar-refractivity contribution in [1.82, 2.24) is 10.2 Å². The Bertz CT molecular complexity index is 404. The highest BCUT2D eigenvalue weighted by molar-refractivity contribution is 5.78. The molecule has 1 amide bonds. The average Bonchev–Trinajstić information content (AvgIpc) is 2.42. The van der Waals surface area contributed by atoms with Crippen LogP contribution in [-0.2, 0) is 4.79 Å². The molecule has 1 aliphatic rings. The predicted octanol–water partition coefficient (Wildman–Crippen LogP) is 2.74. The fraction of sp³-hybridized carbons (Fsp3) is 0.562. The molecule has 1 aromatic rings. The number of amides is 1. The van der Waals surface area contributed by atoms with E-state index in [0.717, 1.165) is 12.1 Å². The first-order valence-corrected chi connectivity index (χ1v) is 7.25. The van der Waals surface area contributed by atoms with E-state index in [1.165, 1.54) is 19.3 Å². The molecule has 1 fully saturated rings. The molecule has 1 aliphatic heterocycles. The number of carbonyl (C=O) groups excluding carboxylic acids is 1. The van der Waals surface area contributed by atoms with Gasteiger partial charge in [0, 0.05) is 6.04 Å². The summed E-state index contributed by atoms with van der Waals surface area (Å²) in [6.45, 7) is 5.83. The molecule has 0 aromatic heterocycles. The molecule has 0 bridgehead atoms. The summed E-state index contributed by atoms with van der Waals surface area (Å²) in [5.41, 5.74) is 1.16. The highest BCUT2D eigenvalue weighted by Gasteiger charge is 2.21. The Kier molecular flexibility index (Phi) is 4.97. The van der Waals surface area contributed by atoms with E-state index >= 15 is 0 Å². The van der Waals surface area contributed by atoms with Crippen molar-refractivity contribution in [2.75, 3.05) is 13.1 Å². The number of likely N-dealkylation sites (tertiary alicyclic amines) is 1. The van der Waals surface area contributed by atoms with E-state index in [1.807, 2.05) is 25.1 Å². The number of carbonyl (C=O) groups is 1. The molecule has 1 N–H and O–H groups in total. The van der Waals surface area contributed by atoms with Crippen LogP contribution < -0.4 is 5.32 Å². The van der Waals surface area contributed by atoms with Crippen molar-refractivity contribution in [3.63, 3.8) is 0 Å². The smallest absolute Gasteiger partial charge is 0.234 e. The van der Waals surface area contributed by atoms with Gasteiger partial charge in [0.25, 0.3) is 0 Å². The van der Waals surface area contributed by atoms with E-state index in [1.54, 1.807) is 0 Å². The molecule has 3 nitrogen and oxygen atoms in total. The SMILES string of the molecule is CC(NC(=O)CN1CCCCC1C)c1ccccc1. The minimum Gasteiger partial charge on any atom is -0.348 e. The van der Waals surface area contributed by atoms with Gasteiger partial charge in [-0.3, -0.25) is 9.69 Å². The average molecular weight is 260 g/mol. The van der Waals surface area contributed by atoms with Gasteiger partial charge >= 0.3 is 0 Å². The Labute approximate surface area is 116 Å². The third-order valence-corrected chi connectivity index (χ3v) is 3.96. The van der Waals surface area contributed by atoms with Crippen LogP contribution in [0.15, 0.2) is 30.3 Å². The normalized spacial score (nSPS) is 21.9. The summed E-state index contributed by atoms with van der Waals surface area (Å²) in [5.74, 6) is 0.130. The van der Waals surface area contributed by atoms with Crippen LogP contribution in [0.4, 0.5) is 0 Å². The highest BCUT2D eigenvalue weighted by Crippen LogP contribution is 2.16. The number of piperidine rings is 1.